The quantitative estimate of drug-likeness (QED) is 0.857. The molecule has 2 aliphatic heterocycles. The third-order valence-electron chi connectivity index (χ3n) is 5.08. The van der Waals surface area contributed by atoms with Gasteiger partial charge >= 0.3 is 0 Å². The average molecular weight is 370 g/mol. The summed E-state index contributed by atoms with van der Waals surface area (Å²) in [5.74, 6) is -0.492. The van der Waals surface area contributed by atoms with Gasteiger partial charge in [-0.3, -0.25) is 9.59 Å². The smallest absolute Gasteiger partial charge is 0.230 e. The molecule has 0 spiro atoms. The number of benzene rings is 1. The van der Waals surface area contributed by atoms with Crippen LogP contribution in [0.4, 0.5) is 10.1 Å². The minimum atomic E-state index is -0.497. The summed E-state index contributed by atoms with van der Waals surface area (Å²) in [6, 6.07) is 4.25. The Morgan fingerprint density at radius 3 is 2.76 bits per heavy atom. The fourth-order valence-corrected chi connectivity index (χ4v) is 3.67. The van der Waals surface area contributed by atoms with Crippen LogP contribution in [0.5, 0.6) is 0 Å². The highest BCUT2D eigenvalue weighted by molar-refractivity contribution is 6.01. The summed E-state index contributed by atoms with van der Waals surface area (Å²) in [4.78, 5) is 26.7. The molecule has 1 saturated heterocycles. The van der Waals surface area contributed by atoms with E-state index in [1.54, 1.807) is 6.07 Å². The minimum Gasteiger partial charge on any atom is -0.342 e. The van der Waals surface area contributed by atoms with E-state index < -0.39 is 11.7 Å². The molecule has 1 atom stereocenters. The second-order valence-corrected chi connectivity index (χ2v) is 6.70. The summed E-state index contributed by atoms with van der Waals surface area (Å²) in [6.07, 6.45) is 3.27. The first kappa shape index (κ1) is 19.7. The first-order chi connectivity index (χ1) is 11.6. The predicted octanol–water partition coefficient (Wildman–Crippen LogP) is 2.52. The van der Waals surface area contributed by atoms with Crippen LogP contribution in [0.15, 0.2) is 18.2 Å². The third-order valence-corrected chi connectivity index (χ3v) is 5.08. The predicted molar refractivity (Wildman–Crippen MR) is 97.5 cm³/mol. The fraction of sp³-hybridized carbons (Fsp3) is 0.556. The molecule has 25 heavy (non-hydrogen) atoms. The third kappa shape index (κ3) is 4.50. The summed E-state index contributed by atoms with van der Waals surface area (Å²) < 4.78 is 13.4. The van der Waals surface area contributed by atoms with Crippen molar-refractivity contribution in [3.8, 4) is 0 Å². The van der Waals surface area contributed by atoms with Gasteiger partial charge in [0.2, 0.25) is 11.8 Å². The monoisotopic (exact) mass is 369 g/mol. The fourth-order valence-electron chi connectivity index (χ4n) is 3.67. The Bertz CT molecular complexity index is 633. The van der Waals surface area contributed by atoms with E-state index in [2.05, 4.69) is 10.6 Å². The van der Waals surface area contributed by atoms with Gasteiger partial charge in [-0.25, -0.2) is 4.39 Å². The lowest BCUT2D eigenvalue weighted by Crippen LogP contribution is -2.43. The number of hydrogen-bond donors (Lipinski definition) is 2. The number of likely N-dealkylation sites (tertiary alicyclic amines) is 1. The SMILES string of the molecule is CNCCC1CCN(C(=O)C2CC(=O)Nc3cc(F)ccc32)CC1.Cl. The Labute approximate surface area is 153 Å². The van der Waals surface area contributed by atoms with Crippen LogP contribution in [0.25, 0.3) is 0 Å². The molecular formula is C18H25ClFN3O2. The molecule has 7 heteroatoms. The zero-order valence-electron chi connectivity index (χ0n) is 14.4. The molecule has 0 bridgehead atoms. The number of amides is 2. The van der Waals surface area contributed by atoms with Crippen LogP contribution < -0.4 is 10.6 Å². The molecule has 2 aliphatic rings. The molecule has 5 nitrogen and oxygen atoms in total. The minimum absolute atomic E-state index is 0. The van der Waals surface area contributed by atoms with Crippen LogP contribution in [0, 0.1) is 11.7 Å². The highest BCUT2D eigenvalue weighted by Crippen LogP contribution is 2.35. The first-order valence-corrected chi connectivity index (χ1v) is 8.61. The lowest BCUT2D eigenvalue weighted by atomic mass is 9.87. The number of hydrogen-bond acceptors (Lipinski definition) is 3. The molecule has 1 fully saturated rings. The van der Waals surface area contributed by atoms with Crippen molar-refractivity contribution in [2.24, 2.45) is 5.92 Å². The zero-order chi connectivity index (χ0) is 17.1. The zero-order valence-corrected chi connectivity index (χ0v) is 15.2. The molecule has 0 radical (unpaired) electrons. The number of halogens is 2. The van der Waals surface area contributed by atoms with Gasteiger partial charge in [-0.05, 0) is 56.5 Å². The number of nitrogens with one attached hydrogen (secondary N) is 2. The molecule has 2 heterocycles. The molecular weight excluding hydrogens is 345 g/mol. The largest absolute Gasteiger partial charge is 0.342 e. The number of carbonyl (C=O) groups is 2. The summed E-state index contributed by atoms with van der Waals surface area (Å²) in [5, 5.41) is 5.83. The topological polar surface area (TPSA) is 61.4 Å². The van der Waals surface area contributed by atoms with E-state index in [4.69, 9.17) is 0 Å². The lowest BCUT2D eigenvalue weighted by Gasteiger charge is -2.35. The molecule has 138 valence electrons. The van der Waals surface area contributed by atoms with Crippen molar-refractivity contribution in [2.45, 2.75) is 31.6 Å². The van der Waals surface area contributed by atoms with E-state index >= 15 is 0 Å². The van der Waals surface area contributed by atoms with Crippen molar-refractivity contribution in [3.05, 3.63) is 29.6 Å². The Balaban J connectivity index is 0.00000225. The number of rotatable bonds is 4. The second kappa shape index (κ2) is 8.63. The van der Waals surface area contributed by atoms with Crippen molar-refractivity contribution in [2.75, 3.05) is 32.0 Å². The van der Waals surface area contributed by atoms with E-state index in [-0.39, 0.29) is 30.6 Å². The van der Waals surface area contributed by atoms with Crippen molar-refractivity contribution >= 4 is 29.9 Å². The molecule has 1 unspecified atom stereocenters. The van der Waals surface area contributed by atoms with Gasteiger partial charge in [0.25, 0.3) is 0 Å². The van der Waals surface area contributed by atoms with Crippen LogP contribution in [0.1, 0.15) is 37.2 Å². The van der Waals surface area contributed by atoms with Gasteiger partial charge in [0.15, 0.2) is 0 Å². The normalized spacial score (nSPS) is 20.5. The summed E-state index contributed by atoms with van der Waals surface area (Å²) in [7, 11) is 1.95. The second-order valence-electron chi connectivity index (χ2n) is 6.70. The number of fused-ring (bicyclic) bond motifs is 1. The van der Waals surface area contributed by atoms with E-state index in [1.807, 2.05) is 11.9 Å². The number of nitrogens with zero attached hydrogens (tertiary/aromatic N) is 1. The average Bonchev–Trinajstić information content (AvgIpc) is 2.58. The maximum absolute atomic E-state index is 13.4. The summed E-state index contributed by atoms with van der Waals surface area (Å²) in [5.41, 5.74) is 1.15. The molecule has 0 saturated carbocycles. The van der Waals surface area contributed by atoms with Gasteiger partial charge < -0.3 is 15.5 Å². The number of anilines is 1. The molecule has 1 aromatic rings. The Kier molecular flexibility index (Phi) is 6.79. The molecule has 0 aromatic heterocycles. The van der Waals surface area contributed by atoms with Gasteiger partial charge in [0.1, 0.15) is 5.82 Å². The van der Waals surface area contributed by atoms with Crippen molar-refractivity contribution < 1.29 is 14.0 Å². The maximum Gasteiger partial charge on any atom is 0.230 e. The van der Waals surface area contributed by atoms with Crippen LogP contribution in [-0.2, 0) is 9.59 Å². The van der Waals surface area contributed by atoms with Gasteiger partial charge in [0.05, 0.1) is 5.92 Å². The van der Waals surface area contributed by atoms with Gasteiger partial charge in [-0.1, -0.05) is 6.07 Å². The van der Waals surface area contributed by atoms with E-state index in [1.165, 1.54) is 12.1 Å². The van der Waals surface area contributed by atoms with Gasteiger partial charge in [0, 0.05) is 25.2 Å². The van der Waals surface area contributed by atoms with E-state index in [0.717, 1.165) is 44.5 Å². The van der Waals surface area contributed by atoms with Crippen LogP contribution in [0.2, 0.25) is 0 Å². The van der Waals surface area contributed by atoms with Crippen molar-refractivity contribution in [1.29, 1.82) is 0 Å². The summed E-state index contributed by atoms with van der Waals surface area (Å²) >= 11 is 0. The van der Waals surface area contributed by atoms with Gasteiger partial charge in [-0.2, -0.15) is 0 Å². The standard InChI is InChI=1S/C18H24FN3O2.ClH/c1-20-7-4-12-5-8-22(9-6-12)18(24)15-11-17(23)21-16-10-13(19)2-3-14(15)16;/h2-3,10,12,15,20H,4-9,11H2,1H3,(H,21,23);1H. The van der Waals surface area contributed by atoms with Crippen LogP contribution in [-0.4, -0.2) is 43.4 Å². The first-order valence-electron chi connectivity index (χ1n) is 8.61. The van der Waals surface area contributed by atoms with Crippen LogP contribution >= 0.6 is 12.4 Å². The molecule has 0 aliphatic carbocycles. The van der Waals surface area contributed by atoms with Crippen molar-refractivity contribution in [3.63, 3.8) is 0 Å². The lowest BCUT2D eigenvalue weighted by molar-refractivity contribution is -0.136. The van der Waals surface area contributed by atoms with E-state index in [9.17, 15) is 14.0 Å². The molecule has 1 aromatic carbocycles. The molecule has 2 N–H and O–H groups in total. The number of piperidine rings is 1. The highest BCUT2D eigenvalue weighted by Gasteiger charge is 2.34. The highest BCUT2D eigenvalue weighted by atomic mass is 35.5. The Morgan fingerprint density at radius 1 is 1.36 bits per heavy atom. The van der Waals surface area contributed by atoms with E-state index in [0.29, 0.717) is 11.6 Å². The Hall–Kier alpha value is -1.66. The van der Waals surface area contributed by atoms with Gasteiger partial charge in [-0.15, -0.1) is 12.4 Å². The molecule has 3 rings (SSSR count). The maximum atomic E-state index is 13.4. The molecule has 2 amide bonds. The Morgan fingerprint density at radius 2 is 2.08 bits per heavy atom. The van der Waals surface area contributed by atoms with Crippen LogP contribution in [0.3, 0.4) is 0 Å². The van der Waals surface area contributed by atoms with Crippen molar-refractivity contribution in [1.82, 2.24) is 10.2 Å². The summed E-state index contributed by atoms with van der Waals surface area (Å²) in [6.45, 7) is 2.48. The number of carbonyl (C=O) groups excluding carboxylic acids is 2.